The number of hydrogen-bond acceptors (Lipinski definition) is 6. The SMILES string of the molecule is N[C@H]1CCCC[C@H]1Nc1nc2c(c(NCl)n1)C(=O)CC2. The van der Waals surface area contributed by atoms with Crippen LogP contribution in [0.2, 0.25) is 0 Å². The fourth-order valence-electron chi connectivity index (χ4n) is 2.98. The molecule has 4 N–H and O–H groups in total. The van der Waals surface area contributed by atoms with Crippen LogP contribution in [-0.2, 0) is 6.42 Å². The van der Waals surface area contributed by atoms with Crippen molar-refractivity contribution in [2.24, 2.45) is 5.73 Å². The number of fused-ring (bicyclic) bond motifs is 1. The van der Waals surface area contributed by atoms with Crippen molar-refractivity contribution in [2.75, 3.05) is 10.2 Å². The number of anilines is 2. The van der Waals surface area contributed by atoms with E-state index in [1.807, 2.05) is 0 Å². The number of ketones is 1. The number of nitrogens with one attached hydrogen (secondary N) is 2. The standard InChI is InChI=1S/C13H18ClN5O/c14-19-12-11-9(5-6-10(11)20)17-13(18-12)16-8-4-2-1-3-7(8)15/h7-8H,1-6,15H2,(H2,16,17,18,19)/t7-,8+/m0/s1. The van der Waals surface area contributed by atoms with Crippen LogP contribution >= 0.6 is 11.8 Å². The second-order valence-corrected chi connectivity index (χ2v) is 5.62. The normalized spacial score (nSPS) is 25.4. The highest BCUT2D eigenvalue weighted by Gasteiger charge is 2.28. The topological polar surface area (TPSA) is 92.9 Å². The molecule has 0 radical (unpaired) electrons. The maximum atomic E-state index is 11.8. The molecule has 3 rings (SSSR count). The minimum absolute atomic E-state index is 0.0454. The maximum absolute atomic E-state index is 11.8. The van der Waals surface area contributed by atoms with E-state index in [1.165, 1.54) is 6.42 Å². The number of carbonyl (C=O) groups excluding carboxylic acids is 1. The molecule has 1 fully saturated rings. The number of halogens is 1. The fourth-order valence-corrected chi connectivity index (χ4v) is 3.11. The number of rotatable bonds is 3. The molecule has 2 aliphatic carbocycles. The summed E-state index contributed by atoms with van der Waals surface area (Å²) < 4.78 is 0. The molecule has 1 saturated carbocycles. The van der Waals surface area contributed by atoms with Gasteiger partial charge < -0.3 is 11.1 Å². The van der Waals surface area contributed by atoms with Crippen LogP contribution in [0, 0.1) is 0 Å². The largest absolute Gasteiger partial charge is 0.350 e. The van der Waals surface area contributed by atoms with Crippen molar-refractivity contribution < 1.29 is 4.79 Å². The number of nitrogens with zero attached hydrogens (tertiary/aromatic N) is 2. The highest BCUT2D eigenvalue weighted by atomic mass is 35.5. The van der Waals surface area contributed by atoms with Gasteiger partial charge in [-0.3, -0.25) is 9.63 Å². The number of carbonyl (C=O) groups is 1. The molecule has 7 heteroatoms. The van der Waals surface area contributed by atoms with Crippen molar-refractivity contribution in [1.82, 2.24) is 9.97 Å². The molecule has 0 aromatic carbocycles. The molecule has 0 bridgehead atoms. The lowest BCUT2D eigenvalue weighted by molar-refractivity contribution is 0.0995. The lowest BCUT2D eigenvalue weighted by Crippen LogP contribution is -2.43. The summed E-state index contributed by atoms with van der Waals surface area (Å²) >= 11 is 5.67. The van der Waals surface area contributed by atoms with Gasteiger partial charge in [0.2, 0.25) is 5.95 Å². The third-order valence-corrected chi connectivity index (χ3v) is 4.25. The summed E-state index contributed by atoms with van der Waals surface area (Å²) in [5.41, 5.74) is 7.41. The Morgan fingerprint density at radius 2 is 2.00 bits per heavy atom. The van der Waals surface area contributed by atoms with Gasteiger partial charge in [0.15, 0.2) is 11.6 Å². The van der Waals surface area contributed by atoms with Gasteiger partial charge in [0.05, 0.1) is 11.3 Å². The second-order valence-electron chi connectivity index (χ2n) is 5.43. The summed E-state index contributed by atoms with van der Waals surface area (Å²) in [4.78, 5) is 23.0. The minimum atomic E-state index is 0.0454. The molecule has 0 saturated heterocycles. The second kappa shape index (κ2) is 5.54. The first kappa shape index (κ1) is 13.6. The van der Waals surface area contributed by atoms with Gasteiger partial charge in [0.25, 0.3) is 0 Å². The lowest BCUT2D eigenvalue weighted by Gasteiger charge is -2.29. The maximum Gasteiger partial charge on any atom is 0.225 e. The highest BCUT2D eigenvalue weighted by Crippen LogP contribution is 2.29. The molecule has 0 aliphatic heterocycles. The summed E-state index contributed by atoms with van der Waals surface area (Å²) in [6, 6.07) is 0.303. The van der Waals surface area contributed by atoms with Gasteiger partial charge in [-0.1, -0.05) is 12.8 Å². The predicted molar refractivity (Wildman–Crippen MR) is 78.0 cm³/mol. The molecule has 1 aromatic rings. The Balaban J connectivity index is 1.85. The number of aromatic nitrogens is 2. The molecule has 108 valence electrons. The Morgan fingerprint density at radius 3 is 2.75 bits per heavy atom. The Kier molecular flexibility index (Phi) is 3.76. The van der Waals surface area contributed by atoms with Crippen molar-refractivity contribution in [3.8, 4) is 0 Å². The van der Waals surface area contributed by atoms with Gasteiger partial charge in [-0.15, -0.1) is 0 Å². The average Bonchev–Trinajstić information content (AvgIpc) is 2.82. The van der Waals surface area contributed by atoms with Gasteiger partial charge in [0.1, 0.15) is 0 Å². The van der Waals surface area contributed by atoms with Gasteiger partial charge in [-0.25, -0.2) is 4.98 Å². The first-order valence-electron chi connectivity index (χ1n) is 7.02. The van der Waals surface area contributed by atoms with Crippen molar-refractivity contribution in [3.63, 3.8) is 0 Å². The Bertz CT molecular complexity index is 536. The van der Waals surface area contributed by atoms with Crippen molar-refractivity contribution >= 4 is 29.3 Å². The van der Waals surface area contributed by atoms with Gasteiger partial charge in [0, 0.05) is 30.3 Å². The van der Waals surface area contributed by atoms with Crippen LogP contribution in [0.3, 0.4) is 0 Å². The molecule has 2 atom stereocenters. The number of Topliss-reactive ketones (excluding diaryl/α,β-unsaturated/α-hetero) is 1. The zero-order valence-corrected chi connectivity index (χ0v) is 11.9. The quantitative estimate of drug-likeness (QED) is 0.737. The van der Waals surface area contributed by atoms with E-state index in [1.54, 1.807) is 0 Å². The van der Waals surface area contributed by atoms with E-state index in [0.717, 1.165) is 25.0 Å². The van der Waals surface area contributed by atoms with Crippen LogP contribution in [0.4, 0.5) is 11.8 Å². The Labute approximate surface area is 122 Å². The van der Waals surface area contributed by atoms with E-state index in [2.05, 4.69) is 20.1 Å². The average molecular weight is 296 g/mol. The molecule has 0 spiro atoms. The molecule has 0 amide bonds. The van der Waals surface area contributed by atoms with E-state index >= 15 is 0 Å². The lowest BCUT2D eigenvalue weighted by atomic mass is 9.91. The van der Waals surface area contributed by atoms with Crippen LogP contribution in [0.15, 0.2) is 0 Å². The summed E-state index contributed by atoms with van der Waals surface area (Å²) in [6.07, 6.45) is 5.49. The molecule has 20 heavy (non-hydrogen) atoms. The fraction of sp³-hybridized carbons (Fsp3) is 0.615. The van der Waals surface area contributed by atoms with Crippen molar-refractivity contribution in [2.45, 2.75) is 50.6 Å². The van der Waals surface area contributed by atoms with Gasteiger partial charge >= 0.3 is 0 Å². The van der Waals surface area contributed by atoms with Crippen LogP contribution in [-0.4, -0.2) is 27.8 Å². The molecule has 6 nitrogen and oxygen atoms in total. The van der Waals surface area contributed by atoms with Crippen molar-refractivity contribution in [1.29, 1.82) is 0 Å². The molecular formula is C13H18ClN5O. The number of aryl methyl sites for hydroxylation is 1. The Hall–Kier alpha value is -1.40. The van der Waals surface area contributed by atoms with Gasteiger partial charge in [-0.2, -0.15) is 4.98 Å². The highest BCUT2D eigenvalue weighted by molar-refractivity contribution is 6.25. The van der Waals surface area contributed by atoms with E-state index in [4.69, 9.17) is 17.5 Å². The monoisotopic (exact) mass is 295 g/mol. The first-order chi connectivity index (χ1) is 9.69. The van der Waals surface area contributed by atoms with Gasteiger partial charge in [-0.05, 0) is 19.3 Å². The molecule has 0 unspecified atom stereocenters. The van der Waals surface area contributed by atoms with E-state index in [-0.39, 0.29) is 17.9 Å². The number of hydrogen-bond donors (Lipinski definition) is 3. The summed E-state index contributed by atoms with van der Waals surface area (Å²) in [7, 11) is 0. The van der Waals surface area contributed by atoms with Crippen LogP contribution in [0.5, 0.6) is 0 Å². The summed E-state index contributed by atoms with van der Waals surface area (Å²) in [5.74, 6) is 0.944. The smallest absolute Gasteiger partial charge is 0.225 e. The van der Waals surface area contributed by atoms with E-state index < -0.39 is 0 Å². The zero-order chi connectivity index (χ0) is 14.1. The van der Waals surface area contributed by atoms with Crippen LogP contribution < -0.4 is 15.9 Å². The molecular weight excluding hydrogens is 278 g/mol. The van der Waals surface area contributed by atoms with Crippen LogP contribution in [0.1, 0.15) is 48.2 Å². The first-order valence-corrected chi connectivity index (χ1v) is 7.39. The molecule has 1 aromatic heterocycles. The Morgan fingerprint density at radius 1 is 1.20 bits per heavy atom. The van der Waals surface area contributed by atoms with Crippen molar-refractivity contribution in [3.05, 3.63) is 11.3 Å². The zero-order valence-electron chi connectivity index (χ0n) is 11.2. The van der Waals surface area contributed by atoms with Crippen LogP contribution in [0.25, 0.3) is 0 Å². The minimum Gasteiger partial charge on any atom is -0.350 e. The van der Waals surface area contributed by atoms with E-state index in [9.17, 15) is 4.79 Å². The summed E-state index contributed by atoms with van der Waals surface area (Å²) in [5, 5.41) is 3.29. The third-order valence-electron chi connectivity index (χ3n) is 4.08. The third kappa shape index (κ3) is 2.45. The molecule has 2 aliphatic rings. The van der Waals surface area contributed by atoms with E-state index in [0.29, 0.717) is 30.2 Å². The number of nitrogens with two attached hydrogens (primary N) is 1. The predicted octanol–water partition coefficient (Wildman–Crippen LogP) is 1.85. The summed E-state index contributed by atoms with van der Waals surface area (Å²) in [6.45, 7) is 0. The molecule has 1 heterocycles.